The van der Waals surface area contributed by atoms with Crippen LogP contribution in [-0.2, 0) is 4.79 Å². The van der Waals surface area contributed by atoms with Gasteiger partial charge in [-0.05, 0) is 62.8 Å². The molecule has 3 heteroatoms. The summed E-state index contributed by atoms with van der Waals surface area (Å²) in [4.78, 5) is 14.8. The molecule has 0 saturated carbocycles. The molecular formula is C18H26N2O. The highest BCUT2D eigenvalue weighted by Crippen LogP contribution is 2.35. The average molecular weight is 286 g/mol. The van der Waals surface area contributed by atoms with Crippen molar-refractivity contribution in [3.63, 3.8) is 0 Å². The summed E-state index contributed by atoms with van der Waals surface area (Å²) in [6.45, 7) is 6.33. The molecule has 21 heavy (non-hydrogen) atoms. The lowest BCUT2D eigenvalue weighted by Crippen LogP contribution is -2.35. The zero-order chi connectivity index (χ0) is 14.8. The highest BCUT2D eigenvalue weighted by molar-refractivity contribution is 5.77. The molecule has 114 valence electrons. The third kappa shape index (κ3) is 2.98. The molecule has 3 rings (SSSR count). The fourth-order valence-electron chi connectivity index (χ4n) is 3.78. The fourth-order valence-corrected chi connectivity index (χ4v) is 3.78. The Morgan fingerprint density at radius 2 is 2.14 bits per heavy atom. The lowest BCUT2D eigenvalue weighted by Gasteiger charge is -2.28. The molecule has 0 bridgehead atoms. The normalized spacial score (nSPS) is 25.5. The van der Waals surface area contributed by atoms with E-state index in [1.807, 2.05) is 0 Å². The largest absolute Gasteiger partial charge is 0.336 e. The van der Waals surface area contributed by atoms with Crippen molar-refractivity contribution in [3.05, 3.63) is 34.9 Å². The summed E-state index contributed by atoms with van der Waals surface area (Å²) in [5.74, 6) is 0.331. The van der Waals surface area contributed by atoms with Crippen LogP contribution in [0, 0.1) is 13.8 Å². The van der Waals surface area contributed by atoms with Crippen LogP contribution in [0.2, 0.25) is 0 Å². The molecule has 3 nitrogen and oxygen atoms in total. The van der Waals surface area contributed by atoms with E-state index in [0.29, 0.717) is 24.4 Å². The average Bonchev–Trinajstić information content (AvgIpc) is 3.12. The second kappa shape index (κ2) is 6.18. The van der Waals surface area contributed by atoms with Gasteiger partial charge in [-0.25, -0.2) is 0 Å². The Morgan fingerprint density at radius 3 is 2.90 bits per heavy atom. The fraction of sp³-hybridized carbons (Fsp3) is 0.611. The van der Waals surface area contributed by atoms with Crippen LogP contribution in [-0.4, -0.2) is 29.9 Å². The molecule has 2 fully saturated rings. The zero-order valence-electron chi connectivity index (χ0n) is 13.2. The summed E-state index contributed by atoms with van der Waals surface area (Å²) in [5, 5.41) is 3.44. The molecule has 2 unspecified atom stereocenters. The number of carbonyl (C=O) groups excluding carboxylic acids is 1. The molecule has 1 aromatic rings. The van der Waals surface area contributed by atoms with Gasteiger partial charge < -0.3 is 10.2 Å². The predicted molar refractivity (Wildman–Crippen MR) is 85.2 cm³/mol. The van der Waals surface area contributed by atoms with Gasteiger partial charge in [0.2, 0.25) is 5.91 Å². The first-order valence-electron chi connectivity index (χ1n) is 8.26. The third-order valence-electron chi connectivity index (χ3n) is 5.16. The number of benzene rings is 1. The van der Waals surface area contributed by atoms with Crippen LogP contribution in [0.1, 0.15) is 54.8 Å². The first kappa shape index (κ1) is 14.6. The Morgan fingerprint density at radius 1 is 1.29 bits per heavy atom. The number of hydrogen-bond acceptors (Lipinski definition) is 2. The highest BCUT2D eigenvalue weighted by atomic mass is 16.2. The molecule has 2 saturated heterocycles. The van der Waals surface area contributed by atoms with Gasteiger partial charge in [-0.1, -0.05) is 18.2 Å². The molecule has 0 aliphatic carbocycles. The third-order valence-corrected chi connectivity index (χ3v) is 5.16. The van der Waals surface area contributed by atoms with Crippen molar-refractivity contribution < 1.29 is 4.79 Å². The number of likely N-dealkylation sites (tertiary alicyclic amines) is 1. The Hall–Kier alpha value is -1.35. The molecule has 1 N–H and O–H groups in total. The van der Waals surface area contributed by atoms with E-state index in [2.05, 4.69) is 42.3 Å². The topological polar surface area (TPSA) is 32.3 Å². The second-order valence-corrected chi connectivity index (χ2v) is 6.53. The number of hydrogen-bond donors (Lipinski definition) is 1. The maximum absolute atomic E-state index is 12.7. The monoisotopic (exact) mass is 286 g/mol. The van der Waals surface area contributed by atoms with Gasteiger partial charge in [-0.3, -0.25) is 4.79 Å². The van der Waals surface area contributed by atoms with Crippen LogP contribution >= 0.6 is 0 Å². The Bertz CT molecular complexity index is 520. The van der Waals surface area contributed by atoms with Crippen molar-refractivity contribution in [2.75, 3.05) is 13.1 Å². The minimum Gasteiger partial charge on any atom is -0.336 e. The molecule has 2 heterocycles. The molecule has 0 spiro atoms. The van der Waals surface area contributed by atoms with Crippen LogP contribution in [0.25, 0.3) is 0 Å². The molecule has 2 aliphatic rings. The van der Waals surface area contributed by atoms with E-state index in [9.17, 15) is 4.79 Å². The van der Waals surface area contributed by atoms with Gasteiger partial charge >= 0.3 is 0 Å². The Kier molecular flexibility index (Phi) is 4.29. The molecule has 0 radical (unpaired) electrons. The van der Waals surface area contributed by atoms with Crippen molar-refractivity contribution in [2.45, 2.75) is 58.0 Å². The van der Waals surface area contributed by atoms with Gasteiger partial charge in [-0.15, -0.1) is 0 Å². The van der Waals surface area contributed by atoms with Crippen molar-refractivity contribution in [1.29, 1.82) is 0 Å². The van der Waals surface area contributed by atoms with Gasteiger partial charge in [0.1, 0.15) is 0 Å². The van der Waals surface area contributed by atoms with Crippen LogP contribution in [0.4, 0.5) is 0 Å². The predicted octanol–water partition coefficient (Wildman–Crippen LogP) is 3.11. The van der Waals surface area contributed by atoms with Gasteiger partial charge in [0, 0.05) is 19.0 Å². The molecule has 2 atom stereocenters. The molecule has 0 aromatic heterocycles. The summed E-state index contributed by atoms with van der Waals surface area (Å²) in [6, 6.07) is 7.17. The first-order chi connectivity index (χ1) is 10.2. The van der Waals surface area contributed by atoms with Gasteiger partial charge in [-0.2, -0.15) is 0 Å². The maximum Gasteiger partial charge on any atom is 0.224 e. The molecule has 1 aromatic carbocycles. The minimum atomic E-state index is 0.291. The van der Waals surface area contributed by atoms with Gasteiger partial charge in [0.05, 0.1) is 6.04 Å². The van der Waals surface area contributed by atoms with Crippen molar-refractivity contribution in [2.24, 2.45) is 0 Å². The van der Waals surface area contributed by atoms with E-state index < -0.39 is 0 Å². The Balaban J connectivity index is 1.75. The Labute approximate surface area is 127 Å². The summed E-state index contributed by atoms with van der Waals surface area (Å²) in [5.41, 5.74) is 4.02. The lowest BCUT2D eigenvalue weighted by atomic mass is 9.95. The van der Waals surface area contributed by atoms with Crippen LogP contribution < -0.4 is 5.32 Å². The number of nitrogens with zero attached hydrogens (tertiary/aromatic N) is 1. The van der Waals surface area contributed by atoms with E-state index in [0.717, 1.165) is 32.4 Å². The second-order valence-electron chi connectivity index (χ2n) is 6.53. The lowest BCUT2D eigenvalue weighted by molar-refractivity contribution is -0.132. The SMILES string of the molecule is Cc1cccc(C2CCCN2C(=O)CC2CCCN2)c1C. The van der Waals surface area contributed by atoms with E-state index in [1.165, 1.54) is 23.1 Å². The van der Waals surface area contributed by atoms with E-state index in [4.69, 9.17) is 0 Å². The van der Waals surface area contributed by atoms with Crippen LogP contribution in [0.3, 0.4) is 0 Å². The number of rotatable bonds is 3. The summed E-state index contributed by atoms with van der Waals surface area (Å²) < 4.78 is 0. The minimum absolute atomic E-state index is 0.291. The van der Waals surface area contributed by atoms with Gasteiger partial charge in [0.15, 0.2) is 0 Å². The summed E-state index contributed by atoms with van der Waals surface area (Å²) in [7, 11) is 0. The van der Waals surface area contributed by atoms with E-state index in [1.54, 1.807) is 0 Å². The van der Waals surface area contributed by atoms with Crippen molar-refractivity contribution >= 4 is 5.91 Å². The first-order valence-corrected chi connectivity index (χ1v) is 8.26. The van der Waals surface area contributed by atoms with Crippen LogP contribution in [0.5, 0.6) is 0 Å². The van der Waals surface area contributed by atoms with E-state index in [-0.39, 0.29) is 0 Å². The van der Waals surface area contributed by atoms with Gasteiger partial charge in [0.25, 0.3) is 0 Å². The summed E-state index contributed by atoms with van der Waals surface area (Å²) in [6.07, 6.45) is 5.25. The molecule has 1 amide bonds. The number of nitrogens with one attached hydrogen (secondary N) is 1. The van der Waals surface area contributed by atoms with Crippen LogP contribution in [0.15, 0.2) is 18.2 Å². The zero-order valence-corrected chi connectivity index (χ0v) is 13.2. The quantitative estimate of drug-likeness (QED) is 0.926. The van der Waals surface area contributed by atoms with Crippen molar-refractivity contribution in [1.82, 2.24) is 10.2 Å². The smallest absolute Gasteiger partial charge is 0.224 e. The molecular weight excluding hydrogens is 260 g/mol. The summed E-state index contributed by atoms with van der Waals surface area (Å²) >= 11 is 0. The van der Waals surface area contributed by atoms with E-state index >= 15 is 0 Å². The standard InChI is InChI=1S/C18H26N2O/c1-13-6-3-8-16(14(13)2)17-9-5-11-20(17)18(21)12-15-7-4-10-19-15/h3,6,8,15,17,19H,4-5,7,9-12H2,1-2H3. The molecule has 2 aliphatic heterocycles. The highest BCUT2D eigenvalue weighted by Gasteiger charge is 2.32. The number of carbonyl (C=O) groups is 1. The number of aryl methyl sites for hydroxylation is 1. The maximum atomic E-state index is 12.7. The van der Waals surface area contributed by atoms with Crippen molar-refractivity contribution in [3.8, 4) is 0 Å². The number of amides is 1.